The summed E-state index contributed by atoms with van der Waals surface area (Å²) in [4.78, 5) is 44.2. The van der Waals surface area contributed by atoms with Crippen molar-refractivity contribution in [3.63, 3.8) is 0 Å². The fourth-order valence-corrected chi connectivity index (χ4v) is 4.06. The zero-order chi connectivity index (χ0) is 19.8. The van der Waals surface area contributed by atoms with Gasteiger partial charge in [-0.2, -0.15) is 0 Å². The lowest BCUT2D eigenvalue weighted by molar-refractivity contribution is 0.0532. The zero-order valence-electron chi connectivity index (χ0n) is 15.8. The summed E-state index contributed by atoms with van der Waals surface area (Å²) in [5, 5.41) is 0. The number of carbonyl (C=O) groups excluding carboxylic acids is 3. The van der Waals surface area contributed by atoms with Crippen LogP contribution in [0.5, 0.6) is 0 Å². The number of carbonyl (C=O) groups is 3. The Balaban J connectivity index is 1.45. The van der Waals surface area contributed by atoms with Crippen molar-refractivity contribution in [2.75, 3.05) is 26.2 Å². The third-order valence-electron chi connectivity index (χ3n) is 5.58. The highest BCUT2D eigenvalue weighted by molar-refractivity contribution is 6.04. The van der Waals surface area contributed by atoms with E-state index in [9.17, 15) is 18.8 Å². The van der Waals surface area contributed by atoms with E-state index in [1.54, 1.807) is 15.9 Å². The van der Waals surface area contributed by atoms with Crippen molar-refractivity contribution < 1.29 is 18.8 Å². The fraction of sp³-hybridized carbons (Fsp3) is 0.381. The first-order valence-corrected chi connectivity index (χ1v) is 9.54. The van der Waals surface area contributed by atoms with E-state index in [2.05, 4.69) is 4.98 Å². The molecule has 7 heteroatoms. The molecule has 6 nitrogen and oxygen atoms in total. The van der Waals surface area contributed by atoms with E-state index >= 15 is 0 Å². The summed E-state index contributed by atoms with van der Waals surface area (Å²) in [7, 11) is 0. The molecule has 2 aromatic rings. The molecule has 0 radical (unpaired) electrons. The SMILES string of the molecule is Cc1c(C(=O)N2CCN(C(=O)c3cccc(F)c3)CC2)[nH]c2c1C(=O)CCC2. The molecule has 146 valence electrons. The third-order valence-corrected chi connectivity index (χ3v) is 5.58. The first-order chi connectivity index (χ1) is 13.5. The van der Waals surface area contributed by atoms with Gasteiger partial charge in [-0.15, -0.1) is 0 Å². The Labute approximate surface area is 162 Å². The summed E-state index contributed by atoms with van der Waals surface area (Å²) in [6, 6.07) is 5.63. The van der Waals surface area contributed by atoms with Gasteiger partial charge in [-0.05, 0) is 43.5 Å². The molecule has 0 unspecified atom stereocenters. The molecule has 2 heterocycles. The maximum atomic E-state index is 13.4. The fourth-order valence-electron chi connectivity index (χ4n) is 4.06. The monoisotopic (exact) mass is 383 g/mol. The number of aryl methyl sites for hydroxylation is 1. The number of ketones is 1. The number of hydrogen-bond donors (Lipinski definition) is 1. The normalized spacial score (nSPS) is 16.9. The standard InChI is InChI=1S/C21H22FN3O3/c1-13-18-16(6-3-7-17(18)26)23-19(13)21(28)25-10-8-24(9-11-25)20(27)14-4-2-5-15(22)12-14/h2,4-5,12,23H,3,6-11H2,1H3. The second-order valence-corrected chi connectivity index (χ2v) is 7.35. The molecule has 0 bridgehead atoms. The molecule has 1 fully saturated rings. The van der Waals surface area contributed by atoms with Crippen molar-refractivity contribution in [1.29, 1.82) is 0 Å². The van der Waals surface area contributed by atoms with Gasteiger partial charge in [-0.1, -0.05) is 6.07 Å². The number of nitrogens with one attached hydrogen (secondary N) is 1. The summed E-state index contributed by atoms with van der Waals surface area (Å²) < 4.78 is 13.4. The van der Waals surface area contributed by atoms with Gasteiger partial charge in [0.1, 0.15) is 11.5 Å². The van der Waals surface area contributed by atoms with Gasteiger partial charge in [0, 0.05) is 49.4 Å². The van der Waals surface area contributed by atoms with Gasteiger partial charge in [-0.25, -0.2) is 4.39 Å². The molecule has 2 aliphatic rings. The molecule has 1 aliphatic carbocycles. The van der Waals surface area contributed by atoms with Crippen LogP contribution in [0.15, 0.2) is 24.3 Å². The van der Waals surface area contributed by atoms with Crippen molar-refractivity contribution in [1.82, 2.24) is 14.8 Å². The minimum Gasteiger partial charge on any atom is -0.354 e. The second kappa shape index (κ2) is 7.22. The number of aromatic nitrogens is 1. The van der Waals surface area contributed by atoms with Crippen LogP contribution in [0.4, 0.5) is 4.39 Å². The summed E-state index contributed by atoms with van der Waals surface area (Å²) in [6.07, 6.45) is 2.12. The maximum absolute atomic E-state index is 13.4. The Morgan fingerprint density at radius 3 is 2.36 bits per heavy atom. The lowest BCUT2D eigenvalue weighted by Crippen LogP contribution is -2.50. The molecular formula is C21H22FN3O3. The predicted octanol–water partition coefficient (Wildman–Crippen LogP) is 2.58. The smallest absolute Gasteiger partial charge is 0.270 e. The van der Waals surface area contributed by atoms with E-state index in [0.717, 1.165) is 24.1 Å². The van der Waals surface area contributed by atoms with Crippen LogP contribution in [-0.4, -0.2) is 58.6 Å². The largest absolute Gasteiger partial charge is 0.354 e. The Morgan fingerprint density at radius 1 is 1.04 bits per heavy atom. The van der Waals surface area contributed by atoms with E-state index in [1.807, 2.05) is 6.92 Å². The van der Waals surface area contributed by atoms with Crippen molar-refractivity contribution in [2.24, 2.45) is 0 Å². The number of piperazine rings is 1. The summed E-state index contributed by atoms with van der Waals surface area (Å²) in [6.45, 7) is 3.39. The third kappa shape index (κ3) is 3.21. The minimum atomic E-state index is -0.444. The van der Waals surface area contributed by atoms with Gasteiger partial charge in [0.15, 0.2) is 5.78 Å². The van der Waals surface area contributed by atoms with Gasteiger partial charge in [0.2, 0.25) is 0 Å². The molecule has 1 saturated heterocycles. The number of Topliss-reactive ketones (excluding diaryl/α,β-unsaturated/α-hetero) is 1. The average Bonchev–Trinajstić information content (AvgIpc) is 3.05. The van der Waals surface area contributed by atoms with Gasteiger partial charge >= 0.3 is 0 Å². The molecule has 1 aromatic carbocycles. The molecule has 2 amide bonds. The molecule has 4 rings (SSSR count). The average molecular weight is 383 g/mol. The topological polar surface area (TPSA) is 73.5 Å². The number of rotatable bonds is 2. The van der Waals surface area contributed by atoms with Crippen LogP contribution in [0.1, 0.15) is 55.3 Å². The van der Waals surface area contributed by atoms with Gasteiger partial charge in [-0.3, -0.25) is 14.4 Å². The van der Waals surface area contributed by atoms with Crippen molar-refractivity contribution in [2.45, 2.75) is 26.2 Å². The molecule has 28 heavy (non-hydrogen) atoms. The van der Waals surface area contributed by atoms with Crippen molar-refractivity contribution in [3.8, 4) is 0 Å². The van der Waals surface area contributed by atoms with E-state index in [-0.39, 0.29) is 17.6 Å². The molecule has 0 saturated carbocycles. The maximum Gasteiger partial charge on any atom is 0.270 e. The number of H-pyrrole nitrogens is 1. The van der Waals surface area contributed by atoms with E-state index in [4.69, 9.17) is 0 Å². The number of hydrogen-bond acceptors (Lipinski definition) is 3. The van der Waals surface area contributed by atoms with E-state index in [0.29, 0.717) is 49.4 Å². The highest BCUT2D eigenvalue weighted by atomic mass is 19.1. The molecule has 1 aliphatic heterocycles. The highest BCUT2D eigenvalue weighted by Gasteiger charge is 2.30. The molecule has 1 N–H and O–H groups in total. The number of aromatic amines is 1. The first kappa shape index (κ1) is 18.4. The quantitative estimate of drug-likeness (QED) is 0.866. The van der Waals surface area contributed by atoms with Gasteiger partial charge in [0.05, 0.1) is 0 Å². The minimum absolute atomic E-state index is 0.0968. The summed E-state index contributed by atoms with van der Waals surface area (Å²) >= 11 is 0. The summed E-state index contributed by atoms with van der Waals surface area (Å²) in [5.41, 5.74) is 3.05. The second-order valence-electron chi connectivity index (χ2n) is 7.35. The Kier molecular flexibility index (Phi) is 4.75. The van der Waals surface area contributed by atoms with Crippen LogP contribution in [0.2, 0.25) is 0 Å². The number of fused-ring (bicyclic) bond motifs is 1. The van der Waals surface area contributed by atoms with Crippen LogP contribution in [-0.2, 0) is 6.42 Å². The van der Waals surface area contributed by atoms with Crippen LogP contribution in [0.3, 0.4) is 0 Å². The Hall–Kier alpha value is -2.96. The van der Waals surface area contributed by atoms with E-state index < -0.39 is 5.82 Å². The van der Waals surface area contributed by atoms with Crippen molar-refractivity contribution >= 4 is 17.6 Å². The predicted molar refractivity (Wildman–Crippen MR) is 101 cm³/mol. The van der Waals surface area contributed by atoms with Gasteiger partial charge in [0.25, 0.3) is 11.8 Å². The van der Waals surface area contributed by atoms with E-state index in [1.165, 1.54) is 18.2 Å². The number of nitrogens with zero attached hydrogens (tertiary/aromatic N) is 2. The molecule has 0 atom stereocenters. The van der Waals surface area contributed by atoms with Crippen LogP contribution >= 0.6 is 0 Å². The van der Waals surface area contributed by atoms with Gasteiger partial charge < -0.3 is 14.8 Å². The lowest BCUT2D eigenvalue weighted by Gasteiger charge is -2.34. The zero-order valence-corrected chi connectivity index (χ0v) is 15.8. The van der Waals surface area contributed by atoms with Crippen LogP contribution in [0, 0.1) is 12.7 Å². The Bertz CT molecular complexity index is 958. The first-order valence-electron chi connectivity index (χ1n) is 9.54. The Morgan fingerprint density at radius 2 is 1.71 bits per heavy atom. The number of benzene rings is 1. The number of halogens is 1. The highest BCUT2D eigenvalue weighted by Crippen LogP contribution is 2.27. The van der Waals surface area contributed by atoms with Crippen molar-refractivity contribution in [3.05, 3.63) is 58.2 Å². The number of amides is 2. The summed E-state index contributed by atoms with van der Waals surface area (Å²) in [5.74, 6) is -0.721. The lowest BCUT2D eigenvalue weighted by atomic mass is 9.93. The van der Waals surface area contributed by atoms with Crippen LogP contribution < -0.4 is 0 Å². The molecular weight excluding hydrogens is 361 g/mol. The molecule has 0 spiro atoms. The molecule has 1 aromatic heterocycles. The van der Waals surface area contributed by atoms with Crippen LogP contribution in [0.25, 0.3) is 0 Å².